The number of aromatic nitrogens is 1. The van der Waals surface area contributed by atoms with Crippen molar-refractivity contribution >= 4 is 29.0 Å². The molecule has 5 nitrogen and oxygen atoms in total. The van der Waals surface area contributed by atoms with Crippen molar-refractivity contribution in [2.24, 2.45) is 0 Å². The number of hydrogen-bond acceptors (Lipinski definition) is 4. The molecule has 1 aromatic carbocycles. The van der Waals surface area contributed by atoms with E-state index in [1.165, 1.54) is 30.5 Å². The van der Waals surface area contributed by atoms with E-state index in [-0.39, 0.29) is 16.7 Å². The molecule has 4 rings (SSSR count). The Kier molecular flexibility index (Phi) is 6.20. The smallest absolute Gasteiger partial charge is 0.422 e. The van der Waals surface area contributed by atoms with E-state index in [9.17, 15) is 22.4 Å². The second kappa shape index (κ2) is 8.77. The Morgan fingerprint density at radius 2 is 1.88 bits per heavy atom. The lowest BCUT2D eigenvalue weighted by atomic mass is 9.78. The maximum absolute atomic E-state index is 14.1. The highest BCUT2D eigenvalue weighted by Gasteiger charge is 2.45. The molecule has 2 saturated heterocycles. The van der Waals surface area contributed by atoms with Gasteiger partial charge in [0.25, 0.3) is 0 Å². The summed E-state index contributed by atoms with van der Waals surface area (Å²) in [6.45, 7) is -0.264. The first-order chi connectivity index (χ1) is 15.2. The molecule has 0 radical (unpaired) electrons. The van der Waals surface area contributed by atoms with Crippen molar-refractivity contribution in [1.82, 2.24) is 4.98 Å². The minimum atomic E-state index is -4.42. The molecule has 1 spiro atoms. The van der Waals surface area contributed by atoms with Gasteiger partial charge >= 0.3 is 6.18 Å². The zero-order valence-electron chi connectivity index (χ0n) is 17.2. The summed E-state index contributed by atoms with van der Waals surface area (Å²) in [5.41, 5.74) is 0.0435. The van der Waals surface area contributed by atoms with Gasteiger partial charge in [-0.05, 0) is 49.9 Å². The summed E-state index contributed by atoms with van der Waals surface area (Å²) in [6, 6.07) is 7.28. The molecule has 172 valence electrons. The third kappa shape index (κ3) is 4.77. The highest BCUT2D eigenvalue weighted by Crippen LogP contribution is 2.42. The number of rotatable bonds is 4. The van der Waals surface area contributed by atoms with Gasteiger partial charge in [0.2, 0.25) is 5.91 Å². The van der Waals surface area contributed by atoms with E-state index >= 15 is 0 Å². The lowest BCUT2D eigenvalue weighted by molar-refractivity contribution is -0.153. The molecular weight excluding hydrogens is 450 g/mol. The number of carbonyl (C=O) groups is 1. The fourth-order valence-corrected chi connectivity index (χ4v) is 4.67. The monoisotopic (exact) mass is 471 g/mol. The van der Waals surface area contributed by atoms with Crippen LogP contribution in [0.4, 0.5) is 29.1 Å². The molecule has 10 heteroatoms. The third-order valence-electron chi connectivity index (χ3n) is 6.06. The molecule has 0 saturated carbocycles. The summed E-state index contributed by atoms with van der Waals surface area (Å²) in [5, 5.41) is 0.000718. The fraction of sp³-hybridized carbons (Fsp3) is 0.455. The van der Waals surface area contributed by atoms with Gasteiger partial charge in [0.05, 0.1) is 10.6 Å². The van der Waals surface area contributed by atoms with Crippen molar-refractivity contribution in [2.75, 3.05) is 29.5 Å². The molecule has 1 amide bonds. The Bertz CT molecular complexity index is 993. The van der Waals surface area contributed by atoms with E-state index in [0.29, 0.717) is 43.9 Å². The maximum Gasteiger partial charge on any atom is 0.422 e. The van der Waals surface area contributed by atoms with Crippen molar-refractivity contribution < 1.29 is 27.1 Å². The predicted molar refractivity (Wildman–Crippen MR) is 113 cm³/mol. The topological polar surface area (TPSA) is 45.7 Å². The number of nitrogens with zero attached hydrogens (tertiary/aromatic N) is 3. The molecule has 0 unspecified atom stereocenters. The Balaban J connectivity index is 1.51. The number of anilines is 2. The molecule has 0 atom stereocenters. The normalized spacial score (nSPS) is 18.8. The first-order valence-electron chi connectivity index (χ1n) is 10.4. The SMILES string of the molecule is O=C1CCCC2(CCN(c3cc(OCC(F)(F)F)ccn3)CC2)N1c1ccc(Cl)c(F)c1. The summed E-state index contributed by atoms with van der Waals surface area (Å²) in [6.07, 6.45) is 0.188. The van der Waals surface area contributed by atoms with Gasteiger partial charge in [0.1, 0.15) is 17.4 Å². The molecular formula is C22H22ClF4N3O2. The van der Waals surface area contributed by atoms with Crippen molar-refractivity contribution in [3.8, 4) is 5.75 Å². The summed E-state index contributed by atoms with van der Waals surface area (Å²) in [4.78, 5) is 20.8. The quantitative estimate of drug-likeness (QED) is 0.562. The van der Waals surface area contributed by atoms with E-state index in [1.54, 1.807) is 11.0 Å². The summed E-state index contributed by atoms with van der Waals surface area (Å²) in [7, 11) is 0. The van der Waals surface area contributed by atoms with Gasteiger partial charge < -0.3 is 14.5 Å². The molecule has 2 aliphatic heterocycles. The van der Waals surface area contributed by atoms with Crippen LogP contribution in [-0.2, 0) is 4.79 Å². The molecule has 1 aromatic heterocycles. The van der Waals surface area contributed by atoms with Crippen molar-refractivity contribution in [3.63, 3.8) is 0 Å². The zero-order valence-corrected chi connectivity index (χ0v) is 17.9. The Labute approximate surface area is 187 Å². The molecule has 0 bridgehead atoms. The van der Waals surface area contributed by atoms with E-state index in [4.69, 9.17) is 16.3 Å². The van der Waals surface area contributed by atoms with Crippen LogP contribution in [0.2, 0.25) is 5.02 Å². The molecule has 2 fully saturated rings. The summed E-state index contributed by atoms with van der Waals surface area (Å²) in [5.74, 6) is -0.00781. The number of pyridine rings is 1. The number of carbonyl (C=O) groups excluding carboxylic acids is 1. The third-order valence-corrected chi connectivity index (χ3v) is 6.36. The maximum atomic E-state index is 14.1. The molecule has 2 aromatic rings. The van der Waals surface area contributed by atoms with E-state index in [2.05, 4.69) is 4.98 Å². The lowest BCUT2D eigenvalue weighted by Gasteiger charge is -2.51. The molecule has 0 aliphatic carbocycles. The molecule has 2 aliphatic rings. The highest BCUT2D eigenvalue weighted by atomic mass is 35.5. The van der Waals surface area contributed by atoms with Crippen LogP contribution >= 0.6 is 11.6 Å². The van der Waals surface area contributed by atoms with Crippen LogP contribution in [-0.4, -0.2) is 42.3 Å². The molecule has 0 N–H and O–H groups in total. The van der Waals surface area contributed by atoms with Crippen LogP contribution in [0.15, 0.2) is 36.5 Å². The molecule has 32 heavy (non-hydrogen) atoms. The van der Waals surface area contributed by atoms with E-state index in [1.807, 2.05) is 4.90 Å². The Hall–Kier alpha value is -2.55. The second-order valence-corrected chi connectivity index (χ2v) is 8.55. The van der Waals surface area contributed by atoms with Gasteiger partial charge in [-0.1, -0.05) is 11.6 Å². The first kappa shape index (κ1) is 22.6. The van der Waals surface area contributed by atoms with Crippen molar-refractivity contribution in [3.05, 3.63) is 47.4 Å². The van der Waals surface area contributed by atoms with Crippen LogP contribution in [0.3, 0.4) is 0 Å². The fourth-order valence-electron chi connectivity index (χ4n) is 4.55. The number of hydrogen-bond donors (Lipinski definition) is 0. The molecule has 3 heterocycles. The number of halogens is 5. The summed E-state index contributed by atoms with van der Waals surface area (Å²) < 4.78 is 56.3. The highest BCUT2D eigenvalue weighted by molar-refractivity contribution is 6.30. The van der Waals surface area contributed by atoms with Gasteiger partial charge in [0, 0.05) is 37.5 Å². The largest absolute Gasteiger partial charge is 0.484 e. The van der Waals surface area contributed by atoms with Gasteiger partial charge in [-0.15, -0.1) is 0 Å². The first-order valence-corrected chi connectivity index (χ1v) is 10.7. The predicted octanol–water partition coefficient (Wildman–Crippen LogP) is 5.37. The number of alkyl halides is 3. The van der Waals surface area contributed by atoms with E-state index in [0.717, 1.165) is 12.8 Å². The average Bonchev–Trinajstić information content (AvgIpc) is 2.75. The number of amides is 1. The number of ether oxygens (including phenoxy) is 1. The zero-order chi connectivity index (χ0) is 22.9. The summed E-state index contributed by atoms with van der Waals surface area (Å²) >= 11 is 5.82. The second-order valence-electron chi connectivity index (χ2n) is 8.15. The van der Waals surface area contributed by atoms with Gasteiger partial charge in [-0.25, -0.2) is 9.37 Å². The Morgan fingerprint density at radius 1 is 1.12 bits per heavy atom. The van der Waals surface area contributed by atoms with Crippen LogP contribution in [0, 0.1) is 5.82 Å². The minimum absolute atomic E-state index is 0.000718. The van der Waals surface area contributed by atoms with E-state index < -0.39 is 24.1 Å². The average molecular weight is 472 g/mol. The van der Waals surface area contributed by atoms with Crippen LogP contribution in [0.25, 0.3) is 0 Å². The van der Waals surface area contributed by atoms with Crippen LogP contribution < -0.4 is 14.5 Å². The lowest BCUT2D eigenvalue weighted by Crippen LogP contribution is -2.60. The van der Waals surface area contributed by atoms with Crippen LogP contribution in [0.1, 0.15) is 32.1 Å². The van der Waals surface area contributed by atoms with Crippen LogP contribution in [0.5, 0.6) is 5.75 Å². The number of piperidine rings is 2. The van der Waals surface area contributed by atoms with Crippen molar-refractivity contribution in [2.45, 2.75) is 43.8 Å². The minimum Gasteiger partial charge on any atom is -0.484 e. The number of benzene rings is 1. The van der Waals surface area contributed by atoms with Gasteiger partial charge in [-0.2, -0.15) is 13.2 Å². The van der Waals surface area contributed by atoms with Crippen molar-refractivity contribution in [1.29, 1.82) is 0 Å². The Morgan fingerprint density at radius 3 is 2.56 bits per heavy atom. The van der Waals surface area contributed by atoms with Gasteiger partial charge in [0.15, 0.2) is 6.61 Å². The van der Waals surface area contributed by atoms with Gasteiger partial charge in [-0.3, -0.25) is 4.79 Å². The standard InChI is InChI=1S/C22H22ClF4N3O2/c23-17-4-3-15(12-18(17)24)30-20(31)2-1-6-21(30)7-10-29(11-8-21)19-13-16(5-9-28-19)32-14-22(25,26)27/h3-5,9,12-13H,1-2,6-8,10-11,14H2.